The Bertz CT molecular complexity index is 1140. The van der Waals surface area contributed by atoms with Gasteiger partial charge in [0.25, 0.3) is 5.56 Å². The number of thioether (sulfide) groups is 1. The quantitative estimate of drug-likeness (QED) is 0.355. The van der Waals surface area contributed by atoms with Crippen molar-refractivity contribution in [2.24, 2.45) is 0 Å². The molecule has 4 nitrogen and oxygen atoms in total. The molecule has 0 fully saturated rings. The van der Waals surface area contributed by atoms with E-state index in [2.05, 4.69) is 16.0 Å². The lowest BCUT2D eigenvalue weighted by molar-refractivity contribution is 0.836. The minimum atomic E-state index is -0.135. The van der Waals surface area contributed by atoms with Crippen molar-refractivity contribution in [3.8, 4) is 6.07 Å². The maximum atomic E-state index is 12.5. The van der Waals surface area contributed by atoms with Gasteiger partial charge in [-0.15, -0.1) is 0 Å². The van der Waals surface area contributed by atoms with Crippen LogP contribution in [0.3, 0.4) is 0 Å². The first kappa shape index (κ1) is 22.2. The van der Waals surface area contributed by atoms with Crippen molar-refractivity contribution in [1.82, 2.24) is 9.97 Å². The largest absolute Gasteiger partial charge is 0.301 e. The van der Waals surface area contributed by atoms with Crippen LogP contribution in [0.15, 0.2) is 58.5 Å². The number of hydrogen-bond acceptors (Lipinski definition) is 4. The maximum Gasteiger partial charge on any atom is 0.254 e. The molecular formula is C23H19Cl2N3OS. The van der Waals surface area contributed by atoms with Gasteiger partial charge in [0.2, 0.25) is 0 Å². The van der Waals surface area contributed by atoms with Crippen LogP contribution in [0.5, 0.6) is 0 Å². The van der Waals surface area contributed by atoms with E-state index in [-0.39, 0.29) is 5.56 Å². The summed E-state index contributed by atoms with van der Waals surface area (Å²) in [5.41, 5.74) is 3.60. The lowest BCUT2D eigenvalue weighted by Crippen LogP contribution is -2.18. The summed E-state index contributed by atoms with van der Waals surface area (Å²) in [4.78, 5) is 20.1. The van der Waals surface area contributed by atoms with Crippen molar-refractivity contribution in [1.29, 1.82) is 5.26 Å². The number of hydrogen-bond donors (Lipinski definition) is 1. The van der Waals surface area contributed by atoms with E-state index in [0.29, 0.717) is 50.6 Å². The van der Waals surface area contributed by atoms with E-state index in [9.17, 15) is 4.79 Å². The molecule has 2 aromatic carbocycles. The van der Waals surface area contributed by atoms with Crippen molar-refractivity contribution in [3.05, 3.63) is 96.9 Å². The Morgan fingerprint density at radius 2 is 1.83 bits per heavy atom. The van der Waals surface area contributed by atoms with Crippen molar-refractivity contribution in [2.75, 3.05) is 5.75 Å². The molecule has 0 spiro atoms. The highest BCUT2D eigenvalue weighted by molar-refractivity contribution is 7.99. The SMILES string of the molecule is CCc1c(Cc2c(Cl)cccc2Cl)nc(SC/C=C/c2ccc(C#N)cc2)[nH]c1=O. The molecule has 0 bridgehead atoms. The van der Waals surface area contributed by atoms with Gasteiger partial charge in [-0.1, -0.05) is 72.2 Å². The number of nitriles is 1. The van der Waals surface area contributed by atoms with Gasteiger partial charge < -0.3 is 4.98 Å². The van der Waals surface area contributed by atoms with Gasteiger partial charge >= 0.3 is 0 Å². The molecule has 0 atom stereocenters. The number of nitrogens with zero attached hydrogens (tertiary/aromatic N) is 2. The molecule has 0 amide bonds. The minimum Gasteiger partial charge on any atom is -0.301 e. The molecule has 1 heterocycles. The molecule has 0 aliphatic heterocycles. The van der Waals surface area contributed by atoms with E-state index in [4.69, 9.17) is 28.5 Å². The zero-order chi connectivity index (χ0) is 21.5. The van der Waals surface area contributed by atoms with E-state index in [1.165, 1.54) is 11.8 Å². The highest BCUT2D eigenvalue weighted by Crippen LogP contribution is 2.27. The average molecular weight is 456 g/mol. The fraction of sp³-hybridized carbons (Fsp3) is 0.174. The van der Waals surface area contributed by atoms with E-state index >= 15 is 0 Å². The van der Waals surface area contributed by atoms with Gasteiger partial charge in [0, 0.05) is 27.8 Å². The molecule has 0 radical (unpaired) electrons. The summed E-state index contributed by atoms with van der Waals surface area (Å²) in [6.07, 6.45) is 4.94. The predicted molar refractivity (Wildman–Crippen MR) is 124 cm³/mol. The van der Waals surface area contributed by atoms with Crippen LogP contribution in [0, 0.1) is 11.3 Å². The number of rotatable bonds is 7. The molecule has 0 aliphatic rings. The fourth-order valence-electron chi connectivity index (χ4n) is 2.95. The van der Waals surface area contributed by atoms with Gasteiger partial charge in [0.1, 0.15) is 0 Å². The lowest BCUT2D eigenvalue weighted by Gasteiger charge is -2.11. The molecule has 1 aromatic heterocycles. The zero-order valence-corrected chi connectivity index (χ0v) is 18.6. The number of H-pyrrole nitrogens is 1. The van der Waals surface area contributed by atoms with Gasteiger partial charge in [-0.2, -0.15) is 5.26 Å². The molecule has 0 saturated heterocycles. The second-order valence-electron chi connectivity index (χ2n) is 6.47. The second kappa shape index (κ2) is 10.5. The first-order chi connectivity index (χ1) is 14.5. The molecule has 30 heavy (non-hydrogen) atoms. The molecule has 0 unspecified atom stereocenters. The summed E-state index contributed by atoms with van der Waals surface area (Å²) in [5, 5.41) is 10.5. The van der Waals surface area contributed by atoms with Crippen molar-refractivity contribution in [2.45, 2.75) is 24.9 Å². The van der Waals surface area contributed by atoms with Gasteiger partial charge in [0.05, 0.1) is 17.3 Å². The Hall–Kier alpha value is -2.52. The third-order valence-electron chi connectivity index (χ3n) is 4.51. The Morgan fingerprint density at radius 3 is 2.47 bits per heavy atom. The van der Waals surface area contributed by atoms with Crippen LogP contribution in [-0.4, -0.2) is 15.7 Å². The number of halogens is 2. The van der Waals surface area contributed by atoms with Crippen LogP contribution in [0.4, 0.5) is 0 Å². The summed E-state index contributed by atoms with van der Waals surface area (Å²) in [6, 6.07) is 14.8. The van der Waals surface area contributed by atoms with E-state index in [0.717, 1.165) is 11.1 Å². The average Bonchev–Trinajstić information content (AvgIpc) is 2.74. The molecule has 7 heteroatoms. The van der Waals surface area contributed by atoms with Crippen molar-refractivity contribution < 1.29 is 0 Å². The molecule has 3 aromatic rings. The Labute approximate surface area is 189 Å². The van der Waals surface area contributed by atoms with Gasteiger partial charge in [-0.3, -0.25) is 4.79 Å². The smallest absolute Gasteiger partial charge is 0.254 e. The third-order valence-corrected chi connectivity index (χ3v) is 6.04. The number of aromatic nitrogens is 2. The molecule has 152 valence electrons. The van der Waals surface area contributed by atoms with E-state index < -0.39 is 0 Å². The van der Waals surface area contributed by atoms with Crippen LogP contribution in [0.1, 0.15) is 34.9 Å². The topological polar surface area (TPSA) is 69.5 Å². The first-order valence-electron chi connectivity index (χ1n) is 9.36. The summed E-state index contributed by atoms with van der Waals surface area (Å²) in [7, 11) is 0. The van der Waals surface area contributed by atoms with Gasteiger partial charge in [-0.05, 0) is 41.8 Å². The highest BCUT2D eigenvalue weighted by Gasteiger charge is 2.14. The Kier molecular flexibility index (Phi) is 7.75. The van der Waals surface area contributed by atoms with Crippen molar-refractivity contribution >= 4 is 41.0 Å². The first-order valence-corrected chi connectivity index (χ1v) is 11.1. The van der Waals surface area contributed by atoms with Gasteiger partial charge in [0.15, 0.2) is 5.16 Å². The number of aromatic amines is 1. The molecule has 3 rings (SSSR count). The van der Waals surface area contributed by atoms with Crippen LogP contribution in [0.25, 0.3) is 6.08 Å². The Morgan fingerprint density at radius 1 is 1.13 bits per heavy atom. The summed E-state index contributed by atoms with van der Waals surface area (Å²) in [5.74, 6) is 0.640. The second-order valence-corrected chi connectivity index (χ2v) is 8.30. The minimum absolute atomic E-state index is 0.135. The molecule has 1 N–H and O–H groups in total. The van der Waals surface area contributed by atoms with E-state index in [1.807, 2.05) is 31.2 Å². The summed E-state index contributed by atoms with van der Waals surface area (Å²) >= 11 is 14.0. The maximum absolute atomic E-state index is 12.5. The predicted octanol–water partition coefficient (Wildman–Crippen LogP) is 5.91. The standard InChI is InChI=1S/C23H19Cl2N3OS/c1-2-17-21(13-18-19(24)6-3-7-20(18)25)27-23(28-22(17)29)30-12-4-5-15-8-10-16(14-26)11-9-15/h3-11H,2,12-13H2,1H3,(H,27,28,29)/b5-4+. The summed E-state index contributed by atoms with van der Waals surface area (Å²) < 4.78 is 0. The normalized spacial score (nSPS) is 11.0. The summed E-state index contributed by atoms with van der Waals surface area (Å²) in [6.45, 7) is 1.93. The van der Waals surface area contributed by atoms with Crippen molar-refractivity contribution in [3.63, 3.8) is 0 Å². The zero-order valence-electron chi connectivity index (χ0n) is 16.3. The molecule has 0 saturated carbocycles. The highest BCUT2D eigenvalue weighted by atomic mass is 35.5. The molecule has 0 aliphatic carbocycles. The van der Waals surface area contributed by atoms with Crippen LogP contribution in [0.2, 0.25) is 10.0 Å². The number of benzene rings is 2. The number of nitrogens with one attached hydrogen (secondary N) is 1. The monoisotopic (exact) mass is 455 g/mol. The van der Waals surface area contributed by atoms with E-state index in [1.54, 1.807) is 30.3 Å². The van der Waals surface area contributed by atoms with Crippen LogP contribution < -0.4 is 5.56 Å². The lowest BCUT2D eigenvalue weighted by atomic mass is 10.0. The van der Waals surface area contributed by atoms with Crippen LogP contribution in [-0.2, 0) is 12.8 Å². The van der Waals surface area contributed by atoms with Crippen LogP contribution >= 0.6 is 35.0 Å². The third kappa shape index (κ3) is 5.54. The fourth-order valence-corrected chi connectivity index (χ4v) is 4.17. The van der Waals surface area contributed by atoms with Gasteiger partial charge in [-0.25, -0.2) is 4.98 Å². The molecular weight excluding hydrogens is 437 g/mol. The Balaban J connectivity index is 1.76.